The van der Waals surface area contributed by atoms with Crippen LogP contribution >= 0.6 is 22.6 Å². The van der Waals surface area contributed by atoms with Crippen LogP contribution in [0.2, 0.25) is 0 Å². The SMILES string of the molecule is CCC1=C(I)CCCC1. The lowest BCUT2D eigenvalue weighted by Crippen LogP contribution is -1.93. The van der Waals surface area contributed by atoms with E-state index >= 15 is 0 Å². The molecule has 0 aromatic rings. The Morgan fingerprint density at radius 3 is 2.44 bits per heavy atom. The summed E-state index contributed by atoms with van der Waals surface area (Å²) in [6.07, 6.45) is 6.84. The molecule has 0 N–H and O–H groups in total. The molecule has 0 bridgehead atoms. The Morgan fingerprint density at radius 1 is 1.33 bits per heavy atom. The molecule has 0 aromatic carbocycles. The van der Waals surface area contributed by atoms with Crippen molar-refractivity contribution in [3.05, 3.63) is 9.15 Å². The van der Waals surface area contributed by atoms with Crippen LogP contribution in [0.1, 0.15) is 39.0 Å². The Labute approximate surface area is 70.9 Å². The van der Waals surface area contributed by atoms with Gasteiger partial charge in [-0.15, -0.1) is 0 Å². The van der Waals surface area contributed by atoms with Gasteiger partial charge in [-0.3, -0.25) is 0 Å². The average molecular weight is 236 g/mol. The Bertz CT molecular complexity index is 125. The Kier molecular flexibility index (Phi) is 3.02. The first-order valence-electron chi connectivity index (χ1n) is 3.71. The van der Waals surface area contributed by atoms with Crippen molar-refractivity contribution in [3.63, 3.8) is 0 Å². The average Bonchev–Trinajstić information content (AvgIpc) is 1.89. The smallest absolute Gasteiger partial charge is 0.0102 e. The van der Waals surface area contributed by atoms with Crippen LogP contribution in [0, 0.1) is 0 Å². The van der Waals surface area contributed by atoms with E-state index in [4.69, 9.17) is 0 Å². The summed E-state index contributed by atoms with van der Waals surface area (Å²) < 4.78 is 1.64. The van der Waals surface area contributed by atoms with Gasteiger partial charge < -0.3 is 0 Å². The highest BCUT2D eigenvalue weighted by Crippen LogP contribution is 2.30. The van der Waals surface area contributed by atoms with Crippen molar-refractivity contribution in [2.45, 2.75) is 39.0 Å². The fourth-order valence-electron chi connectivity index (χ4n) is 1.30. The van der Waals surface area contributed by atoms with Gasteiger partial charge in [-0.2, -0.15) is 0 Å². The van der Waals surface area contributed by atoms with Crippen molar-refractivity contribution in [2.24, 2.45) is 0 Å². The number of allylic oxidation sites excluding steroid dienone is 2. The monoisotopic (exact) mass is 236 g/mol. The summed E-state index contributed by atoms with van der Waals surface area (Å²) in [6, 6.07) is 0. The number of rotatable bonds is 1. The predicted octanol–water partition coefficient (Wildman–Crippen LogP) is 3.66. The van der Waals surface area contributed by atoms with Crippen LogP contribution in [0.25, 0.3) is 0 Å². The van der Waals surface area contributed by atoms with Crippen molar-refractivity contribution >= 4 is 22.6 Å². The van der Waals surface area contributed by atoms with Crippen molar-refractivity contribution < 1.29 is 0 Å². The highest BCUT2D eigenvalue weighted by atomic mass is 127. The van der Waals surface area contributed by atoms with E-state index in [1.807, 2.05) is 0 Å². The molecule has 0 radical (unpaired) electrons. The first kappa shape index (κ1) is 7.58. The lowest BCUT2D eigenvalue weighted by molar-refractivity contribution is 0.681. The van der Waals surface area contributed by atoms with E-state index in [9.17, 15) is 0 Å². The molecule has 0 atom stereocenters. The molecule has 0 aliphatic heterocycles. The Hall–Kier alpha value is 0.470. The molecule has 0 aromatic heterocycles. The summed E-state index contributed by atoms with van der Waals surface area (Å²) in [5.41, 5.74) is 1.71. The van der Waals surface area contributed by atoms with E-state index in [1.165, 1.54) is 32.1 Å². The van der Waals surface area contributed by atoms with E-state index in [-0.39, 0.29) is 0 Å². The van der Waals surface area contributed by atoms with Crippen LogP contribution < -0.4 is 0 Å². The molecular formula is C8H13I. The van der Waals surface area contributed by atoms with Gasteiger partial charge in [0, 0.05) is 0 Å². The fraction of sp³-hybridized carbons (Fsp3) is 0.750. The largest absolute Gasteiger partial charge is 0.0616 e. The molecule has 0 amide bonds. The zero-order valence-electron chi connectivity index (χ0n) is 5.91. The molecule has 0 nitrogen and oxygen atoms in total. The zero-order valence-corrected chi connectivity index (χ0v) is 8.07. The minimum Gasteiger partial charge on any atom is -0.0616 e. The highest BCUT2D eigenvalue weighted by molar-refractivity contribution is 14.1. The molecule has 1 rings (SSSR count). The second-order valence-corrected chi connectivity index (χ2v) is 3.87. The van der Waals surface area contributed by atoms with E-state index in [0.29, 0.717) is 0 Å². The summed E-state index contributed by atoms with van der Waals surface area (Å²) >= 11 is 2.50. The predicted molar refractivity (Wildman–Crippen MR) is 49.8 cm³/mol. The maximum Gasteiger partial charge on any atom is -0.0102 e. The molecular weight excluding hydrogens is 223 g/mol. The minimum atomic E-state index is 1.28. The number of hydrogen-bond acceptors (Lipinski definition) is 0. The van der Waals surface area contributed by atoms with E-state index < -0.39 is 0 Å². The second kappa shape index (κ2) is 3.59. The summed E-state index contributed by atoms with van der Waals surface area (Å²) in [6.45, 7) is 2.26. The van der Waals surface area contributed by atoms with Crippen molar-refractivity contribution in [2.75, 3.05) is 0 Å². The van der Waals surface area contributed by atoms with Gasteiger partial charge in [0.05, 0.1) is 0 Å². The number of hydrogen-bond donors (Lipinski definition) is 0. The summed E-state index contributed by atoms with van der Waals surface area (Å²) in [4.78, 5) is 0. The molecule has 0 heterocycles. The molecule has 1 aliphatic carbocycles. The first-order valence-corrected chi connectivity index (χ1v) is 4.79. The number of halogens is 1. The van der Waals surface area contributed by atoms with Gasteiger partial charge in [0.2, 0.25) is 0 Å². The van der Waals surface area contributed by atoms with Gasteiger partial charge in [0.15, 0.2) is 0 Å². The highest BCUT2D eigenvalue weighted by Gasteiger charge is 2.07. The Balaban J connectivity index is 2.59. The molecule has 0 fully saturated rings. The van der Waals surface area contributed by atoms with E-state index in [2.05, 4.69) is 29.5 Å². The van der Waals surface area contributed by atoms with Gasteiger partial charge in [-0.25, -0.2) is 0 Å². The lowest BCUT2D eigenvalue weighted by Gasteiger charge is -2.14. The van der Waals surface area contributed by atoms with Gasteiger partial charge in [0.25, 0.3) is 0 Å². The normalized spacial score (nSPS) is 20.7. The van der Waals surface area contributed by atoms with Crippen LogP contribution in [-0.4, -0.2) is 0 Å². The molecule has 9 heavy (non-hydrogen) atoms. The maximum atomic E-state index is 2.50. The van der Waals surface area contributed by atoms with E-state index in [0.717, 1.165) is 0 Å². The molecule has 0 spiro atoms. The fourth-order valence-corrected chi connectivity index (χ4v) is 2.33. The van der Waals surface area contributed by atoms with Crippen molar-refractivity contribution in [3.8, 4) is 0 Å². The van der Waals surface area contributed by atoms with Gasteiger partial charge in [-0.05, 0) is 58.3 Å². The van der Waals surface area contributed by atoms with Crippen molar-refractivity contribution in [1.82, 2.24) is 0 Å². The van der Waals surface area contributed by atoms with Gasteiger partial charge in [-0.1, -0.05) is 12.5 Å². The second-order valence-electron chi connectivity index (χ2n) is 2.57. The molecule has 0 saturated carbocycles. The molecule has 0 saturated heterocycles. The van der Waals surface area contributed by atoms with Crippen LogP contribution in [0.15, 0.2) is 9.15 Å². The third-order valence-electron chi connectivity index (χ3n) is 1.94. The maximum absolute atomic E-state index is 2.50. The minimum absolute atomic E-state index is 1.28. The molecule has 52 valence electrons. The van der Waals surface area contributed by atoms with Crippen LogP contribution in [0.3, 0.4) is 0 Å². The summed E-state index contributed by atoms with van der Waals surface area (Å²) in [5.74, 6) is 0. The zero-order chi connectivity index (χ0) is 6.69. The molecule has 0 unspecified atom stereocenters. The quantitative estimate of drug-likeness (QED) is 0.609. The Morgan fingerprint density at radius 2 is 2.00 bits per heavy atom. The third-order valence-corrected chi connectivity index (χ3v) is 3.24. The van der Waals surface area contributed by atoms with Gasteiger partial charge in [0.1, 0.15) is 0 Å². The third kappa shape index (κ3) is 1.95. The molecule has 1 aliphatic rings. The van der Waals surface area contributed by atoms with E-state index in [1.54, 1.807) is 9.15 Å². The lowest BCUT2D eigenvalue weighted by atomic mass is 9.98. The van der Waals surface area contributed by atoms with Crippen LogP contribution in [-0.2, 0) is 0 Å². The van der Waals surface area contributed by atoms with Crippen molar-refractivity contribution in [1.29, 1.82) is 0 Å². The standard InChI is InChI=1S/C8H13I/c1-2-7-5-3-4-6-8(7)9/h2-6H2,1H3. The van der Waals surface area contributed by atoms with Gasteiger partial charge >= 0.3 is 0 Å². The topological polar surface area (TPSA) is 0 Å². The first-order chi connectivity index (χ1) is 4.34. The van der Waals surface area contributed by atoms with Crippen LogP contribution in [0.4, 0.5) is 0 Å². The van der Waals surface area contributed by atoms with Crippen LogP contribution in [0.5, 0.6) is 0 Å². The molecule has 1 heteroatoms. The summed E-state index contributed by atoms with van der Waals surface area (Å²) in [7, 11) is 0. The summed E-state index contributed by atoms with van der Waals surface area (Å²) in [5, 5.41) is 0.